The third kappa shape index (κ3) is 8.33. The summed E-state index contributed by atoms with van der Waals surface area (Å²) in [6.07, 6.45) is 10.4. The van der Waals surface area contributed by atoms with Crippen LogP contribution in [-0.4, -0.2) is 3.21 Å². The number of rotatable bonds is 4. The van der Waals surface area contributed by atoms with Gasteiger partial charge in [-0.05, 0) is 0 Å². The zero-order valence-electron chi connectivity index (χ0n) is 41.1. The largest absolute Gasteiger partial charge is 1.00 e. The second kappa shape index (κ2) is 16.0. The number of allylic oxidation sites excluding steroid dienone is 8. The number of halogens is 2. The third-order valence-corrected chi connectivity index (χ3v) is 22.9. The van der Waals surface area contributed by atoms with Crippen LogP contribution in [0.2, 0.25) is 0 Å². The number of hydrogen-bond acceptors (Lipinski definition) is 0. The molecule has 8 rings (SSSR count). The van der Waals surface area contributed by atoms with Gasteiger partial charge in [0.15, 0.2) is 0 Å². The molecule has 0 saturated heterocycles. The summed E-state index contributed by atoms with van der Waals surface area (Å²) in [5, 5.41) is 0. The molecule has 4 aliphatic rings. The van der Waals surface area contributed by atoms with Crippen molar-refractivity contribution >= 4 is 14.4 Å². The topological polar surface area (TPSA) is 0 Å². The SMILES string of the molecule is CC1=CC(C)[C]([Zr+2](=[C](c2ccc(C(C)(C)C)cc2)c2ccc(C(C)(C)C)cc2)[CH]2c3cc4c(cc3-c3cc5c(cc32)C(C)(C)C=C5C(C)(C)C)C(C(C)(C)C)=CC4(C)C)=C1.[Cl-].[Cl-]. The Morgan fingerprint density at radius 3 is 1.19 bits per heavy atom. The maximum Gasteiger partial charge on any atom is -1.00 e. The Bertz CT molecular complexity index is 2450. The van der Waals surface area contributed by atoms with E-state index in [1.807, 2.05) is 0 Å². The molecule has 0 saturated carbocycles. The van der Waals surface area contributed by atoms with E-state index in [0.29, 0.717) is 9.54 Å². The van der Waals surface area contributed by atoms with Crippen molar-refractivity contribution in [2.24, 2.45) is 16.7 Å². The van der Waals surface area contributed by atoms with Crippen molar-refractivity contribution in [3.8, 4) is 11.1 Å². The van der Waals surface area contributed by atoms with Gasteiger partial charge in [-0.3, -0.25) is 0 Å². The molecule has 1 atom stereocenters. The Kier molecular flexibility index (Phi) is 12.5. The molecule has 0 bridgehead atoms. The molecule has 0 radical (unpaired) electrons. The zero-order valence-corrected chi connectivity index (χ0v) is 45.1. The van der Waals surface area contributed by atoms with E-state index in [2.05, 4.69) is 222 Å². The van der Waals surface area contributed by atoms with Crippen molar-refractivity contribution in [3.05, 3.63) is 162 Å². The van der Waals surface area contributed by atoms with Gasteiger partial charge in [0.2, 0.25) is 0 Å². The molecule has 0 heterocycles. The minimum absolute atomic E-state index is 0. The Hall–Kier alpha value is -2.83. The molecule has 0 spiro atoms. The predicted octanol–water partition coefficient (Wildman–Crippen LogP) is 10.2. The van der Waals surface area contributed by atoms with Gasteiger partial charge in [0.1, 0.15) is 0 Å². The Morgan fingerprint density at radius 1 is 0.516 bits per heavy atom. The zero-order chi connectivity index (χ0) is 43.9. The van der Waals surface area contributed by atoms with Crippen molar-refractivity contribution in [1.82, 2.24) is 0 Å². The second-order valence-corrected chi connectivity index (χ2v) is 30.3. The van der Waals surface area contributed by atoms with Gasteiger partial charge in [0.05, 0.1) is 0 Å². The molecule has 4 aromatic carbocycles. The van der Waals surface area contributed by atoms with Crippen molar-refractivity contribution in [2.45, 2.75) is 150 Å². The average Bonchev–Trinajstić information content (AvgIpc) is 3.81. The van der Waals surface area contributed by atoms with Gasteiger partial charge in [-0.25, -0.2) is 0 Å². The summed E-state index contributed by atoms with van der Waals surface area (Å²) in [5.74, 6) is 0.407. The minimum Gasteiger partial charge on any atom is -1.00 e. The van der Waals surface area contributed by atoms with Crippen LogP contribution in [0.1, 0.15) is 184 Å². The van der Waals surface area contributed by atoms with Gasteiger partial charge in [0.25, 0.3) is 0 Å². The van der Waals surface area contributed by atoms with Crippen molar-refractivity contribution in [3.63, 3.8) is 0 Å². The maximum absolute atomic E-state index is 3.07. The summed E-state index contributed by atoms with van der Waals surface area (Å²) in [6.45, 7) is 43.0. The smallest absolute Gasteiger partial charge is 1.00 e. The van der Waals surface area contributed by atoms with Gasteiger partial charge >= 0.3 is 375 Å². The van der Waals surface area contributed by atoms with E-state index in [1.54, 1.807) is 17.6 Å². The van der Waals surface area contributed by atoms with Crippen LogP contribution in [0.4, 0.5) is 0 Å². The molecule has 0 N–H and O–H groups in total. The summed E-state index contributed by atoms with van der Waals surface area (Å²) in [6, 6.07) is 30.4. The summed E-state index contributed by atoms with van der Waals surface area (Å²) in [5.41, 5.74) is 22.2. The fraction of sp³-hybridized carbons (Fsp3) is 0.441. The summed E-state index contributed by atoms with van der Waals surface area (Å²) < 4.78 is 3.67. The first-order valence-electron chi connectivity index (χ1n) is 22.8. The first kappa shape index (κ1) is 48.6. The molecular formula is C59H72Cl2Zr. The quantitative estimate of drug-likeness (QED) is 0.191. The van der Waals surface area contributed by atoms with Crippen molar-refractivity contribution < 1.29 is 46.1 Å². The Morgan fingerprint density at radius 2 is 0.887 bits per heavy atom. The van der Waals surface area contributed by atoms with E-state index < -0.39 is 21.3 Å². The monoisotopic (exact) mass is 940 g/mol. The van der Waals surface area contributed by atoms with E-state index in [9.17, 15) is 0 Å². The molecule has 0 nitrogen and oxygen atoms in total. The molecule has 326 valence electrons. The van der Waals surface area contributed by atoms with Gasteiger partial charge in [-0.2, -0.15) is 0 Å². The summed E-state index contributed by atoms with van der Waals surface area (Å²) in [4.78, 5) is 0. The van der Waals surface area contributed by atoms with Crippen molar-refractivity contribution in [2.75, 3.05) is 0 Å². The third-order valence-electron chi connectivity index (χ3n) is 14.2. The van der Waals surface area contributed by atoms with Crippen LogP contribution in [0.5, 0.6) is 0 Å². The first-order chi connectivity index (χ1) is 27.6. The van der Waals surface area contributed by atoms with Crippen LogP contribution in [0, 0.1) is 16.7 Å². The molecule has 0 amide bonds. The maximum atomic E-state index is 2.73. The Labute approximate surface area is 396 Å². The van der Waals surface area contributed by atoms with E-state index in [4.69, 9.17) is 0 Å². The van der Waals surface area contributed by atoms with Gasteiger partial charge in [-0.1, -0.05) is 0 Å². The van der Waals surface area contributed by atoms with E-state index in [-0.39, 0.29) is 57.3 Å². The molecular weight excluding hydrogens is 871 g/mol. The minimum atomic E-state index is -3.07. The van der Waals surface area contributed by atoms with Crippen LogP contribution in [-0.2, 0) is 42.9 Å². The van der Waals surface area contributed by atoms with Gasteiger partial charge < -0.3 is 24.8 Å². The van der Waals surface area contributed by atoms with E-state index in [0.717, 1.165) is 0 Å². The molecule has 4 aliphatic carbocycles. The normalized spacial score (nSPS) is 18.5. The molecule has 0 aliphatic heterocycles. The van der Waals surface area contributed by atoms with E-state index in [1.165, 1.54) is 72.4 Å². The van der Waals surface area contributed by atoms with Gasteiger partial charge in [-0.15, -0.1) is 0 Å². The predicted molar refractivity (Wildman–Crippen MR) is 259 cm³/mol. The molecule has 0 fully saturated rings. The summed E-state index contributed by atoms with van der Waals surface area (Å²) in [7, 11) is 0. The van der Waals surface area contributed by atoms with Crippen LogP contribution >= 0.6 is 0 Å². The fourth-order valence-corrected chi connectivity index (χ4v) is 20.5. The van der Waals surface area contributed by atoms with Crippen LogP contribution < -0.4 is 24.8 Å². The van der Waals surface area contributed by atoms with Crippen LogP contribution in [0.15, 0.2) is 106 Å². The molecule has 1 unspecified atom stereocenters. The molecule has 62 heavy (non-hydrogen) atoms. The second-order valence-electron chi connectivity index (χ2n) is 24.2. The number of fused-ring (bicyclic) bond motifs is 5. The van der Waals surface area contributed by atoms with Crippen LogP contribution in [0.3, 0.4) is 0 Å². The summed E-state index contributed by atoms with van der Waals surface area (Å²) >= 11 is -3.07. The average molecular weight is 943 g/mol. The van der Waals surface area contributed by atoms with E-state index >= 15 is 0 Å². The number of hydrogen-bond donors (Lipinski definition) is 0. The molecule has 4 aromatic rings. The van der Waals surface area contributed by atoms with Gasteiger partial charge in [0, 0.05) is 0 Å². The molecule has 3 heteroatoms. The first-order valence-corrected chi connectivity index (χ1v) is 26.7. The van der Waals surface area contributed by atoms with Crippen LogP contribution in [0.25, 0.3) is 22.3 Å². The molecule has 0 aromatic heterocycles. The Balaban J connectivity index is 0.00000321. The standard InChI is InChI=1S/C31H37.C21H26.C7H9.2ClH.Zr/c1-28(2,3)26-16-30(7,8)24-12-18-11-19-13-25-23(15-21(19)20(18)14-22(24)26)27(29(4,5)6)17-31(25,9)10;1-20(2,3)18-11-7-16(8-12-18)15-17-9-13-19(14-10-17)21(4,5)6;1-6-3-4-7(2)5-6;;;/h11-17H,1-10H3;7-14H,1-6H3;3,5,7H,1-2H3;2*1H;/q;;;;;+2/p-2. The number of benzene rings is 4. The fourth-order valence-electron chi connectivity index (χ4n) is 10.9. The van der Waals surface area contributed by atoms with Crippen molar-refractivity contribution in [1.29, 1.82) is 0 Å².